The van der Waals surface area contributed by atoms with Crippen molar-refractivity contribution in [1.82, 2.24) is 19.9 Å². The molecule has 0 radical (unpaired) electrons. The molecule has 2 aliphatic rings. The second kappa shape index (κ2) is 6.20. The molecular formula is C20H22N6. The van der Waals surface area contributed by atoms with Crippen molar-refractivity contribution >= 4 is 22.4 Å². The molecule has 1 saturated carbocycles. The first-order valence-electron chi connectivity index (χ1n) is 9.31. The zero-order chi connectivity index (χ0) is 17.5. The third-order valence-electron chi connectivity index (χ3n) is 5.26. The summed E-state index contributed by atoms with van der Waals surface area (Å²) in [5.74, 6) is 2.72. The molecule has 1 aliphatic heterocycles. The quantitative estimate of drug-likeness (QED) is 0.727. The van der Waals surface area contributed by atoms with Crippen molar-refractivity contribution in [3.63, 3.8) is 0 Å². The molecule has 6 heteroatoms. The number of hydrogen-bond acceptors (Lipinski definition) is 6. The summed E-state index contributed by atoms with van der Waals surface area (Å²) in [5, 5.41) is 1.09. The normalized spacial score (nSPS) is 17.7. The van der Waals surface area contributed by atoms with Gasteiger partial charge in [-0.1, -0.05) is 0 Å². The van der Waals surface area contributed by atoms with Crippen LogP contribution in [0, 0.1) is 6.92 Å². The number of rotatable bonds is 3. The fraction of sp³-hybridized carbons (Fsp3) is 0.400. The van der Waals surface area contributed by atoms with Crippen LogP contribution in [0.4, 0.5) is 11.5 Å². The SMILES string of the molecule is Cc1cc(N2CCN(c3ccc4ncncc4c3)CC2)nc(C2CC2)n1. The third-order valence-corrected chi connectivity index (χ3v) is 5.26. The smallest absolute Gasteiger partial charge is 0.134 e. The molecule has 0 bridgehead atoms. The van der Waals surface area contributed by atoms with Crippen LogP contribution in [-0.4, -0.2) is 46.1 Å². The third kappa shape index (κ3) is 2.96. The summed E-state index contributed by atoms with van der Waals surface area (Å²) in [4.78, 5) is 22.7. The molecule has 6 nitrogen and oxygen atoms in total. The lowest BCUT2D eigenvalue weighted by Crippen LogP contribution is -2.47. The first-order chi connectivity index (χ1) is 12.8. The molecule has 3 aromatic rings. The van der Waals surface area contributed by atoms with Gasteiger partial charge in [0, 0.05) is 61.1 Å². The second-order valence-electron chi connectivity index (χ2n) is 7.24. The minimum absolute atomic E-state index is 0.592. The zero-order valence-corrected chi connectivity index (χ0v) is 15.0. The number of piperazine rings is 1. The minimum Gasteiger partial charge on any atom is -0.368 e. The predicted octanol–water partition coefficient (Wildman–Crippen LogP) is 2.93. The molecular weight excluding hydrogens is 324 g/mol. The maximum atomic E-state index is 4.84. The maximum Gasteiger partial charge on any atom is 0.134 e. The number of benzene rings is 1. The lowest BCUT2D eigenvalue weighted by atomic mass is 10.2. The van der Waals surface area contributed by atoms with Crippen molar-refractivity contribution in [3.8, 4) is 0 Å². The second-order valence-corrected chi connectivity index (χ2v) is 7.24. The Hall–Kier alpha value is -2.76. The molecule has 1 aliphatic carbocycles. The van der Waals surface area contributed by atoms with Gasteiger partial charge in [0.25, 0.3) is 0 Å². The van der Waals surface area contributed by atoms with Crippen molar-refractivity contribution in [1.29, 1.82) is 0 Å². The van der Waals surface area contributed by atoms with Gasteiger partial charge in [-0.15, -0.1) is 0 Å². The van der Waals surface area contributed by atoms with Gasteiger partial charge in [0.15, 0.2) is 0 Å². The molecule has 0 N–H and O–H groups in total. The van der Waals surface area contributed by atoms with Crippen molar-refractivity contribution in [2.24, 2.45) is 0 Å². The molecule has 0 atom stereocenters. The van der Waals surface area contributed by atoms with Crippen LogP contribution in [-0.2, 0) is 0 Å². The van der Waals surface area contributed by atoms with Crippen molar-refractivity contribution in [3.05, 3.63) is 48.3 Å². The summed E-state index contributed by atoms with van der Waals surface area (Å²) < 4.78 is 0. The standard InChI is InChI=1S/C20H22N6/c1-14-10-19(24-20(23-14)15-2-3-15)26-8-6-25(7-9-26)17-4-5-18-16(11-17)12-21-13-22-18/h4-5,10-13,15H,2-3,6-9H2,1H3. The number of fused-ring (bicyclic) bond motifs is 1. The van der Waals surface area contributed by atoms with Gasteiger partial charge in [-0.25, -0.2) is 19.9 Å². The molecule has 0 unspecified atom stereocenters. The van der Waals surface area contributed by atoms with E-state index >= 15 is 0 Å². The first kappa shape index (κ1) is 15.5. The van der Waals surface area contributed by atoms with Crippen LogP contribution < -0.4 is 9.80 Å². The topological polar surface area (TPSA) is 58.0 Å². The van der Waals surface area contributed by atoms with Crippen molar-refractivity contribution in [2.45, 2.75) is 25.7 Å². The largest absolute Gasteiger partial charge is 0.368 e. The molecule has 1 aromatic carbocycles. The molecule has 26 heavy (non-hydrogen) atoms. The monoisotopic (exact) mass is 346 g/mol. The van der Waals surface area contributed by atoms with E-state index in [0.29, 0.717) is 5.92 Å². The Morgan fingerprint density at radius 1 is 0.962 bits per heavy atom. The van der Waals surface area contributed by atoms with E-state index in [2.05, 4.69) is 55.9 Å². The van der Waals surface area contributed by atoms with Crippen LogP contribution in [0.25, 0.3) is 10.9 Å². The Kier molecular flexibility index (Phi) is 3.69. The molecule has 2 fully saturated rings. The molecule has 0 spiro atoms. The minimum atomic E-state index is 0.592. The lowest BCUT2D eigenvalue weighted by Gasteiger charge is -2.37. The van der Waals surface area contributed by atoms with Crippen molar-refractivity contribution in [2.75, 3.05) is 36.0 Å². The summed E-state index contributed by atoms with van der Waals surface area (Å²) in [6.07, 6.45) is 5.95. The van der Waals surface area contributed by atoms with Crippen LogP contribution in [0.5, 0.6) is 0 Å². The summed E-state index contributed by atoms with van der Waals surface area (Å²) in [6.45, 7) is 6.00. The van der Waals surface area contributed by atoms with Crippen LogP contribution >= 0.6 is 0 Å². The van der Waals surface area contributed by atoms with Gasteiger partial charge >= 0.3 is 0 Å². The number of nitrogens with zero attached hydrogens (tertiary/aromatic N) is 6. The van der Waals surface area contributed by atoms with Crippen LogP contribution in [0.15, 0.2) is 36.8 Å². The highest BCUT2D eigenvalue weighted by Crippen LogP contribution is 2.38. The fourth-order valence-electron chi connectivity index (χ4n) is 3.62. The van der Waals surface area contributed by atoms with Gasteiger partial charge in [-0.3, -0.25) is 0 Å². The summed E-state index contributed by atoms with van der Waals surface area (Å²) >= 11 is 0. The summed E-state index contributed by atoms with van der Waals surface area (Å²) in [7, 11) is 0. The zero-order valence-electron chi connectivity index (χ0n) is 15.0. The molecule has 3 heterocycles. The summed E-state index contributed by atoms with van der Waals surface area (Å²) in [6, 6.07) is 8.54. The molecule has 132 valence electrons. The van der Waals surface area contributed by atoms with Gasteiger partial charge in [0.1, 0.15) is 18.0 Å². The predicted molar refractivity (Wildman–Crippen MR) is 103 cm³/mol. The molecule has 2 aromatic heterocycles. The lowest BCUT2D eigenvalue weighted by molar-refractivity contribution is 0.644. The number of aryl methyl sites for hydroxylation is 1. The number of anilines is 2. The van der Waals surface area contributed by atoms with E-state index in [1.807, 2.05) is 6.20 Å². The highest BCUT2D eigenvalue weighted by molar-refractivity contribution is 5.81. The number of hydrogen-bond donors (Lipinski definition) is 0. The average molecular weight is 346 g/mol. The van der Waals surface area contributed by atoms with Gasteiger partial charge in [-0.05, 0) is 38.0 Å². The van der Waals surface area contributed by atoms with Gasteiger partial charge in [-0.2, -0.15) is 0 Å². The van der Waals surface area contributed by atoms with Crippen LogP contribution in [0.2, 0.25) is 0 Å². The van der Waals surface area contributed by atoms with E-state index in [9.17, 15) is 0 Å². The van der Waals surface area contributed by atoms with E-state index in [4.69, 9.17) is 4.98 Å². The van der Waals surface area contributed by atoms with E-state index in [1.54, 1.807) is 6.33 Å². The van der Waals surface area contributed by atoms with E-state index in [1.165, 1.54) is 18.5 Å². The van der Waals surface area contributed by atoms with E-state index in [-0.39, 0.29) is 0 Å². The fourth-order valence-corrected chi connectivity index (χ4v) is 3.62. The highest BCUT2D eigenvalue weighted by atomic mass is 15.3. The van der Waals surface area contributed by atoms with Gasteiger partial charge in [0.2, 0.25) is 0 Å². The van der Waals surface area contributed by atoms with Crippen LogP contribution in [0.1, 0.15) is 30.3 Å². The Balaban J connectivity index is 1.32. The Morgan fingerprint density at radius 2 is 1.77 bits per heavy atom. The van der Waals surface area contributed by atoms with Crippen molar-refractivity contribution < 1.29 is 0 Å². The first-order valence-corrected chi connectivity index (χ1v) is 9.31. The molecule has 1 saturated heterocycles. The van der Waals surface area contributed by atoms with Crippen LogP contribution in [0.3, 0.4) is 0 Å². The maximum absolute atomic E-state index is 4.84. The highest BCUT2D eigenvalue weighted by Gasteiger charge is 2.28. The molecule has 5 rings (SSSR count). The van der Waals surface area contributed by atoms with E-state index < -0.39 is 0 Å². The van der Waals surface area contributed by atoms with Gasteiger partial charge < -0.3 is 9.80 Å². The van der Waals surface area contributed by atoms with Gasteiger partial charge in [0.05, 0.1) is 5.52 Å². The molecule has 0 amide bonds. The Labute approximate surface area is 152 Å². The van der Waals surface area contributed by atoms with E-state index in [0.717, 1.165) is 54.4 Å². The summed E-state index contributed by atoms with van der Waals surface area (Å²) in [5.41, 5.74) is 3.31. The number of aromatic nitrogens is 4. The Bertz CT molecular complexity index is 944. The Morgan fingerprint density at radius 3 is 2.58 bits per heavy atom. The average Bonchev–Trinajstić information content (AvgIpc) is 3.53.